The van der Waals surface area contributed by atoms with Gasteiger partial charge in [-0.3, -0.25) is 0 Å². The van der Waals surface area contributed by atoms with Crippen LogP contribution in [0.3, 0.4) is 0 Å². The third-order valence-electron chi connectivity index (χ3n) is 5.66. The van der Waals surface area contributed by atoms with Gasteiger partial charge in [0, 0.05) is 5.38 Å². The van der Waals surface area contributed by atoms with Gasteiger partial charge in [-0.15, -0.1) is 11.3 Å². The van der Waals surface area contributed by atoms with Gasteiger partial charge >= 0.3 is 5.97 Å². The maximum atomic E-state index is 13.1. The molecule has 1 atom stereocenters. The van der Waals surface area contributed by atoms with Crippen molar-refractivity contribution in [2.45, 2.75) is 51.6 Å². The third-order valence-corrected chi connectivity index (χ3v) is 11.0. The minimum Gasteiger partial charge on any atom is -0.465 e. The van der Waals surface area contributed by atoms with E-state index in [9.17, 15) is 9.18 Å². The van der Waals surface area contributed by atoms with E-state index in [0.717, 1.165) is 5.01 Å². The molecule has 0 saturated heterocycles. The molecular formula is C25H30FNO5SSi. The number of carbonyl (C=O) groups is 1. The quantitative estimate of drug-likeness (QED) is 0.181. The van der Waals surface area contributed by atoms with Gasteiger partial charge in [0.05, 0.1) is 18.5 Å². The lowest BCUT2D eigenvalue weighted by Gasteiger charge is -2.38. The number of benzene rings is 2. The molecule has 9 heteroatoms. The van der Waals surface area contributed by atoms with Crippen LogP contribution in [0.15, 0.2) is 53.9 Å². The first-order chi connectivity index (χ1) is 16.0. The zero-order valence-corrected chi connectivity index (χ0v) is 22.1. The molecule has 0 saturated carbocycles. The van der Waals surface area contributed by atoms with Gasteiger partial charge in [-0.1, -0.05) is 20.8 Å². The van der Waals surface area contributed by atoms with E-state index in [-0.39, 0.29) is 16.5 Å². The summed E-state index contributed by atoms with van der Waals surface area (Å²) in [4.78, 5) is 16.2. The molecule has 182 valence electrons. The van der Waals surface area contributed by atoms with Gasteiger partial charge in [0.2, 0.25) is 0 Å². The van der Waals surface area contributed by atoms with Crippen LogP contribution in [0, 0.1) is 5.82 Å². The van der Waals surface area contributed by atoms with Crippen molar-refractivity contribution >= 4 is 25.6 Å². The molecule has 0 bridgehead atoms. The van der Waals surface area contributed by atoms with Crippen LogP contribution in [0.5, 0.6) is 17.2 Å². The molecule has 0 radical (unpaired) electrons. The summed E-state index contributed by atoms with van der Waals surface area (Å²) in [6.45, 7) is 10.8. The third kappa shape index (κ3) is 6.88. The Morgan fingerprint density at radius 1 is 1.03 bits per heavy atom. The average molecular weight is 504 g/mol. The fraction of sp³-hybridized carbons (Fsp3) is 0.360. The van der Waals surface area contributed by atoms with Gasteiger partial charge in [0.1, 0.15) is 23.1 Å². The molecule has 0 aliphatic carbocycles. The summed E-state index contributed by atoms with van der Waals surface area (Å²) in [5.41, 5.74) is 0.274. The lowest BCUT2D eigenvalue weighted by atomic mass is 10.2. The van der Waals surface area contributed by atoms with Crippen LogP contribution < -0.4 is 9.47 Å². The number of hydrogen-bond acceptors (Lipinski definition) is 7. The molecule has 0 amide bonds. The molecule has 0 aliphatic rings. The maximum absolute atomic E-state index is 13.1. The van der Waals surface area contributed by atoms with Gasteiger partial charge in [-0.2, -0.15) is 0 Å². The molecular weight excluding hydrogens is 473 g/mol. The van der Waals surface area contributed by atoms with Gasteiger partial charge < -0.3 is 18.6 Å². The number of carbonyl (C=O) groups excluding carboxylic acids is 1. The van der Waals surface area contributed by atoms with E-state index in [2.05, 4.69) is 38.8 Å². The predicted molar refractivity (Wildman–Crippen MR) is 133 cm³/mol. The van der Waals surface area contributed by atoms with Crippen molar-refractivity contribution in [3.63, 3.8) is 0 Å². The second-order valence-corrected chi connectivity index (χ2v) is 15.0. The summed E-state index contributed by atoms with van der Waals surface area (Å²) in [6.07, 6.45) is -0.191. The molecule has 34 heavy (non-hydrogen) atoms. The second-order valence-electron chi connectivity index (χ2n) is 9.28. The average Bonchev–Trinajstić information content (AvgIpc) is 3.23. The number of rotatable bonds is 9. The van der Waals surface area contributed by atoms with Gasteiger partial charge in [0.25, 0.3) is 0 Å². The van der Waals surface area contributed by atoms with Crippen molar-refractivity contribution in [3.05, 3.63) is 70.4 Å². The van der Waals surface area contributed by atoms with Crippen LogP contribution in [-0.2, 0) is 15.6 Å². The van der Waals surface area contributed by atoms with Crippen LogP contribution in [0.1, 0.15) is 36.3 Å². The summed E-state index contributed by atoms with van der Waals surface area (Å²) >= 11 is 1.37. The fourth-order valence-corrected chi connectivity index (χ4v) is 4.66. The molecule has 0 aliphatic heterocycles. The van der Waals surface area contributed by atoms with E-state index in [4.69, 9.17) is 18.6 Å². The molecule has 3 rings (SSSR count). The van der Waals surface area contributed by atoms with E-state index in [1.807, 2.05) is 0 Å². The van der Waals surface area contributed by atoms with E-state index >= 15 is 0 Å². The number of aromatic nitrogens is 1. The van der Waals surface area contributed by atoms with Crippen LogP contribution in [-0.4, -0.2) is 32.7 Å². The first-order valence-corrected chi connectivity index (χ1v) is 14.7. The van der Waals surface area contributed by atoms with E-state index in [1.165, 1.54) is 30.6 Å². The van der Waals surface area contributed by atoms with Crippen molar-refractivity contribution in [1.82, 2.24) is 4.98 Å². The van der Waals surface area contributed by atoms with Crippen molar-refractivity contribution < 1.29 is 27.8 Å². The first-order valence-electron chi connectivity index (χ1n) is 10.9. The predicted octanol–water partition coefficient (Wildman–Crippen LogP) is 6.83. The van der Waals surface area contributed by atoms with Crippen molar-refractivity contribution in [2.75, 3.05) is 7.11 Å². The molecule has 2 aromatic carbocycles. The maximum Gasteiger partial charge on any atom is 0.357 e. The molecule has 1 aromatic heterocycles. The largest absolute Gasteiger partial charge is 0.465 e. The number of ether oxygens (including phenoxy) is 3. The Balaban J connectivity index is 1.75. The Kier molecular flexibility index (Phi) is 8.11. The highest BCUT2D eigenvalue weighted by Gasteiger charge is 2.40. The molecule has 0 spiro atoms. The van der Waals surface area contributed by atoms with Gasteiger partial charge in [0.15, 0.2) is 20.3 Å². The molecule has 0 fully saturated rings. The summed E-state index contributed by atoms with van der Waals surface area (Å²) in [6, 6.07) is 13.0. The number of halogens is 1. The minimum absolute atomic E-state index is 0.0124. The zero-order chi connectivity index (χ0) is 24.9. The highest BCUT2D eigenvalue weighted by atomic mass is 32.1. The topological polar surface area (TPSA) is 66.9 Å². The lowest BCUT2D eigenvalue weighted by Crippen LogP contribution is -2.46. The molecule has 0 N–H and O–H groups in total. The van der Waals surface area contributed by atoms with E-state index < -0.39 is 20.6 Å². The van der Waals surface area contributed by atoms with Crippen molar-refractivity contribution in [3.8, 4) is 17.2 Å². The monoisotopic (exact) mass is 503 g/mol. The van der Waals surface area contributed by atoms with Crippen molar-refractivity contribution in [2.24, 2.45) is 0 Å². The highest BCUT2D eigenvalue weighted by Crippen LogP contribution is 2.38. The van der Waals surface area contributed by atoms with E-state index in [0.29, 0.717) is 23.7 Å². The Hall–Kier alpha value is -2.75. The van der Waals surface area contributed by atoms with Crippen molar-refractivity contribution in [1.29, 1.82) is 0 Å². The second kappa shape index (κ2) is 10.7. The van der Waals surface area contributed by atoms with Crippen LogP contribution in [0.25, 0.3) is 0 Å². The first kappa shape index (κ1) is 25.9. The molecule has 6 nitrogen and oxygen atoms in total. The SMILES string of the molecule is COC(=O)c1csc(CC(Oc2ccc(Oc3ccc(F)cc3)cc2)O[Si](C)(C)C(C)(C)C)n1. The van der Waals surface area contributed by atoms with Crippen LogP contribution >= 0.6 is 11.3 Å². The Morgan fingerprint density at radius 3 is 2.15 bits per heavy atom. The summed E-state index contributed by atoms with van der Waals surface area (Å²) < 4.78 is 36.4. The summed E-state index contributed by atoms with van der Waals surface area (Å²) in [5.74, 6) is 0.965. The van der Waals surface area contributed by atoms with E-state index in [1.54, 1.807) is 41.8 Å². The van der Waals surface area contributed by atoms with Gasteiger partial charge in [-0.25, -0.2) is 14.2 Å². The summed E-state index contributed by atoms with van der Waals surface area (Å²) in [7, 11) is -0.829. The number of nitrogens with zero attached hydrogens (tertiary/aromatic N) is 1. The normalized spacial score (nSPS) is 12.8. The number of hydrogen-bond donors (Lipinski definition) is 0. The Bertz CT molecular complexity index is 1090. The molecule has 3 aromatic rings. The standard InChI is InChI=1S/C25H30FNO5SSi/c1-25(2,3)34(5,6)32-23(15-22-27-21(16-33-22)24(28)29-4)31-20-13-11-19(12-14-20)30-18-9-7-17(26)8-10-18/h7-14,16,23H,15H2,1-6H3. The number of methoxy groups -OCH3 is 1. The zero-order valence-electron chi connectivity index (χ0n) is 20.3. The highest BCUT2D eigenvalue weighted by molar-refractivity contribution is 7.09. The van der Waals surface area contributed by atoms with Gasteiger partial charge in [-0.05, 0) is 66.7 Å². The number of esters is 1. The number of thiazole rings is 1. The Morgan fingerprint density at radius 2 is 1.59 bits per heavy atom. The molecule has 1 unspecified atom stereocenters. The van der Waals surface area contributed by atoms with Crippen LogP contribution in [0.4, 0.5) is 4.39 Å². The molecule has 1 heterocycles. The minimum atomic E-state index is -2.16. The fourth-order valence-electron chi connectivity index (χ4n) is 2.74. The summed E-state index contributed by atoms with van der Waals surface area (Å²) in [5, 5.41) is 2.38. The van der Waals surface area contributed by atoms with Crippen LogP contribution in [0.2, 0.25) is 18.1 Å². The Labute approximate surface area is 204 Å². The lowest BCUT2D eigenvalue weighted by molar-refractivity contribution is -0.00487. The smallest absolute Gasteiger partial charge is 0.357 e.